The average Bonchev–Trinajstić information content (AvgIpc) is 2.81. The summed E-state index contributed by atoms with van der Waals surface area (Å²) in [5.74, 6) is -1.92. The number of Topliss-reactive ketones (excluding diaryl/α,β-unsaturated/α-hetero) is 1. The Morgan fingerprint density at radius 2 is 1.96 bits per heavy atom. The molecule has 0 spiro atoms. The molecule has 0 saturated carbocycles. The molecule has 0 fully saturated rings. The molecular weight excluding hydrogens is 336 g/mol. The number of nitro groups is 2. The minimum absolute atomic E-state index is 0.0132. The van der Waals surface area contributed by atoms with Gasteiger partial charge in [0, 0.05) is 6.07 Å². The molecule has 10 heteroatoms. The molecule has 25 heavy (non-hydrogen) atoms. The van der Waals surface area contributed by atoms with E-state index in [1.807, 2.05) is 0 Å². The van der Waals surface area contributed by atoms with E-state index in [4.69, 9.17) is 9.47 Å². The lowest BCUT2D eigenvalue weighted by Gasteiger charge is -2.01. The van der Waals surface area contributed by atoms with Crippen LogP contribution in [0.1, 0.15) is 19.4 Å². The van der Waals surface area contributed by atoms with Gasteiger partial charge in [-0.25, -0.2) is 4.79 Å². The summed E-state index contributed by atoms with van der Waals surface area (Å²) < 4.78 is 9.97. The Labute approximate surface area is 140 Å². The highest BCUT2D eigenvalue weighted by atomic mass is 16.6. The normalized spacial score (nSPS) is 15.3. The molecule has 0 N–H and O–H groups in total. The molecule has 10 nitrogen and oxygen atoms in total. The Hall–Kier alpha value is -3.56. The fourth-order valence-electron chi connectivity index (χ4n) is 2.15. The number of nitro benzene ring substituents is 2. The van der Waals surface area contributed by atoms with Crippen molar-refractivity contribution in [3.63, 3.8) is 0 Å². The van der Waals surface area contributed by atoms with E-state index in [0.29, 0.717) is 0 Å². The zero-order chi connectivity index (χ0) is 18.7. The summed E-state index contributed by atoms with van der Waals surface area (Å²) in [6.45, 7) is 3.02. The number of esters is 1. The maximum Gasteiger partial charge on any atom is 0.345 e. The number of hydrogen-bond donors (Lipinski definition) is 0. The number of carbonyl (C=O) groups excluding carboxylic acids is 2. The lowest BCUT2D eigenvalue weighted by atomic mass is 10.1. The summed E-state index contributed by atoms with van der Waals surface area (Å²) in [4.78, 5) is 44.3. The highest BCUT2D eigenvalue weighted by Gasteiger charge is 2.35. The number of allylic oxidation sites excluding steroid dienone is 2. The van der Waals surface area contributed by atoms with E-state index in [2.05, 4.69) is 0 Å². The molecule has 0 saturated heterocycles. The number of benzene rings is 1. The molecule has 0 unspecified atom stereocenters. The molecule has 1 heterocycles. The van der Waals surface area contributed by atoms with E-state index in [1.165, 1.54) is 6.92 Å². The molecule has 0 bridgehead atoms. The topological polar surface area (TPSA) is 139 Å². The second kappa shape index (κ2) is 6.91. The van der Waals surface area contributed by atoms with Gasteiger partial charge in [-0.1, -0.05) is 0 Å². The molecule has 2 rings (SSSR count). The Balaban J connectivity index is 2.43. The van der Waals surface area contributed by atoms with E-state index in [1.54, 1.807) is 6.92 Å². The van der Waals surface area contributed by atoms with Gasteiger partial charge in [0.1, 0.15) is 11.3 Å². The molecular formula is C15H12N2O8. The molecule has 1 aromatic carbocycles. The van der Waals surface area contributed by atoms with Crippen molar-refractivity contribution in [3.8, 4) is 0 Å². The number of hydrogen-bond acceptors (Lipinski definition) is 8. The summed E-state index contributed by atoms with van der Waals surface area (Å²) in [5, 5.41) is 21.9. The van der Waals surface area contributed by atoms with Gasteiger partial charge in [-0.2, -0.15) is 0 Å². The van der Waals surface area contributed by atoms with E-state index in [-0.39, 0.29) is 29.3 Å². The van der Waals surface area contributed by atoms with Crippen LogP contribution >= 0.6 is 0 Å². The zero-order valence-electron chi connectivity index (χ0n) is 13.2. The van der Waals surface area contributed by atoms with Crippen molar-refractivity contribution in [1.82, 2.24) is 0 Å². The van der Waals surface area contributed by atoms with Gasteiger partial charge in [-0.3, -0.25) is 25.0 Å². The van der Waals surface area contributed by atoms with Crippen molar-refractivity contribution in [3.05, 3.63) is 61.1 Å². The van der Waals surface area contributed by atoms with Gasteiger partial charge in [0.05, 0.1) is 28.1 Å². The van der Waals surface area contributed by atoms with Crippen LogP contribution in [-0.4, -0.2) is 28.2 Å². The summed E-state index contributed by atoms with van der Waals surface area (Å²) in [6, 6.07) is 2.96. The van der Waals surface area contributed by atoms with Gasteiger partial charge >= 0.3 is 5.97 Å². The molecule has 0 radical (unpaired) electrons. The minimum atomic E-state index is -0.855. The summed E-state index contributed by atoms with van der Waals surface area (Å²) in [6.07, 6.45) is 1.06. The largest absolute Gasteiger partial charge is 0.462 e. The van der Waals surface area contributed by atoms with Crippen molar-refractivity contribution < 1.29 is 28.9 Å². The monoisotopic (exact) mass is 348 g/mol. The van der Waals surface area contributed by atoms with Crippen LogP contribution in [-0.2, 0) is 19.1 Å². The summed E-state index contributed by atoms with van der Waals surface area (Å²) in [7, 11) is 0. The van der Waals surface area contributed by atoms with E-state index < -0.39 is 33.0 Å². The Morgan fingerprint density at radius 1 is 1.28 bits per heavy atom. The quantitative estimate of drug-likeness (QED) is 0.259. The number of carbonyl (C=O) groups is 2. The highest BCUT2D eigenvalue weighted by Crippen LogP contribution is 2.31. The Bertz CT molecular complexity index is 853. The predicted octanol–water partition coefficient (Wildman–Crippen LogP) is 2.28. The zero-order valence-corrected chi connectivity index (χ0v) is 13.2. The number of ketones is 1. The maximum atomic E-state index is 12.3. The molecule has 1 aliphatic heterocycles. The van der Waals surface area contributed by atoms with Gasteiger partial charge in [-0.05, 0) is 26.0 Å². The van der Waals surface area contributed by atoms with Crippen LogP contribution in [0.5, 0.6) is 0 Å². The average molecular weight is 348 g/mol. The first-order chi connectivity index (χ1) is 11.8. The van der Waals surface area contributed by atoms with E-state index >= 15 is 0 Å². The maximum absolute atomic E-state index is 12.3. The molecule has 1 aromatic rings. The third-order valence-corrected chi connectivity index (χ3v) is 3.25. The molecule has 0 amide bonds. The number of non-ortho nitro benzene ring substituents is 1. The third-order valence-electron chi connectivity index (χ3n) is 3.25. The minimum Gasteiger partial charge on any atom is -0.462 e. The molecule has 0 atom stereocenters. The number of ether oxygens (including phenoxy) is 2. The van der Waals surface area contributed by atoms with Crippen molar-refractivity contribution >= 4 is 29.2 Å². The van der Waals surface area contributed by atoms with Crippen molar-refractivity contribution in [1.29, 1.82) is 0 Å². The summed E-state index contributed by atoms with van der Waals surface area (Å²) in [5.41, 5.74) is -1.40. The van der Waals surface area contributed by atoms with Crippen molar-refractivity contribution in [2.45, 2.75) is 13.8 Å². The summed E-state index contributed by atoms with van der Waals surface area (Å²) >= 11 is 0. The molecule has 0 aromatic heterocycles. The standard InChI is InChI=1S/C15H12N2O8/c1-3-24-15(19)13-8(2)25-12(14(13)18)6-9-4-5-10(16(20)21)7-11(9)17(22)23/h4-7H,3H2,1-2H3/b12-6-. The van der Waals surface area contributed by atoms with Crippen LogP contribution in [0.4, 0.5) is 11.4 Å². The second-order valence-corrected chi connectivity index (χ2v) is 4.85. The van der Waals surface area contributed by atoms with Crippen molar-refractivity contribution in [2.75, 3.05) is 6.61 Å². The van der Waals surface area contributed by atoms with Gasteiger partial charge in [0.15, 0.2) is 5.76 Å². The number of rotatable bonds is 5. The van der Waals surface area contributed by atoms with Gasteiger partial charge in [0.2, 0.25) is 5.78 Å². The fourth-order valence-corrected chi connectivity index (χ4v) is 2.15. The molecule has 1 aliphatic rings. The fraction of sp³-hybridized carbons (Fsp3) is 0.200. The van der Waals surface area contributed by atoms with Crippen molar-refractivity contribution in [2.24, 2.45) is 0 Å². The smallest absolute Gasteiger partial charge is 0.345 e. The van der Waals surface area contributed by atoms with Crippen LogP contribution in [0.2, 0.25) is 0 Å². The lowest BCUT2D eigenvalue weighted by Crippen LogP contribution is -2.14. The second-order valence-electron chi connectivity index (χ2n) is 4.85. The molecule has 130 valence electrons. The van der Waals surface area contributed by atoms with Gasteiger partial charge in [-0.15, -0.1) is 0 Å². The first-order valence-corrected chi connectivity index (χ1v) is 7.01. The van der Waals surface area contributed by atoms with Gasteiger partial charge in [0.25, 0.3) is 11.4 Å². The van der Waals surface area contributed by atoms with Crippen LogP contribution in [0.15, 0.2) is 35.3 Å². The van der Waals surface area contributed by atoms with Crippen LogP contribution in [0.25, 0.3) is 6.08 Å². The number of nitrogens with zero attached hydrogens (tertiary/aromatic N) is 2. The first-order valence-electron chi connectivity index (χ1n) is 7.01. The lowest BCUT2D eigenvalue weighted by molar-refractivity contribution is -0.394. The SMILES string of the molecule is CCOC(=O)C1=C(C)O/C(=C\c2ccc([N+](=O)[O-])cc2[N+](=O)[O-])C1=O. The van der Waals surface area contributed by atoms with Gasteiger partial charge < -0.3 is 9.47 Å². The Kier molecular flexibility index (Phi) is 4.92. The van der Waals surface area contributed by atoms with Crippen LogP contribution in [0, 0.1) is 20.2 Å². The van der Waals surface area contributed by atoms with E-state index in [0.717, 1.165) is 24.3 Å². The van der Waals surface area contributed by atoms with Crippen LogP contribution in [0.3, 0.4) is 0 Å². The van der Waals surface area contributed by atoms with Crippen LogP contribution < -0.4 is 0 Å². The van der Waals surface area contributed by atoms with E-state index in [9.17, 15) is 29.8 Å². The first kappa shape index (κ1) is 17.8. The predicted molar refractivity (Wildman–Crippen MR) is 83.2 cm³/mol. The molecule has 0 aliphatic carbocycles. The highest BCUT2D eigenvalue weighted by molar-refractivity contribution is 6.26. The Morgan fingerprint density at radius 3 is 2.52 bits per heavy atom. The third kappa shape index (κ3) is 3.52.